The number of ether oxygens (including phenoxy) is 3. The number of azide groups is 1. The lowest BCUT2D eigenvalue weighted by atomic mass is 9.70. The third-order valence-corrected chi connectivity index (χ3v) is 9.25. The first-order valence-corrected chi connectivity index (χ1v) is 14.1. The number of nitrogens with zero attached hydrogens (tertiary/aromatic N) is 4. The van der Waals surface area contributed by atoms with Crippen LogP contribution in [0.3, 0.4) is 0 Å². The largest absolute Gasteiger partial charge is 0.455 e. The number of halogens is 1. The van der Waals surface area contributed by atoms with Crippen LogP contribution in [0.15, 0.2) is 5.11 Å². The molecule has 0 spiro atoms. The number of hydrogen-bond acceptors (Lipinski definition) is 8. The monoisotopic (exact) mass is 568 g/mol. The number of alkyl halides is 1. The van der Waals surface area contributed by atoms with Gasteiger partial charge in [-0.25, -0.2) is 14.0 Å². The average Bonchev–Trinajstić information content (AvgIpc) is 3.17. The quantitative estimate of drug-likeness (QED) is 0.102. The van der Waals surface area contributed by atoms with E-state index in [1.807, 2.05) is 0 Å². The minimum Gasteiger partial charge on any atom is -0.455 e. The van der Waals surface area contributed by atoms with Crippen molar-refractivity contribution in [2.75, 3.05) is 20.2 Å². The van der Waals surface area contributed by atoms with E-state index in [4.69, 9.17) is 19.7 Å². The standard InChI is InChI=1S/C28H45FN4O7/c1-10-20-28(8)22(33(25(37)40-28)14-12-11-13-31-32-30)18(4)21(34)16(2)15-26(6,38-9)19(5)17(3)23(35)27(7,29)24(36)39-20/h16-20,22H,10-15H2,1-9H3/t16-,17-,18+,19-,20-,22-,26+,27+,28-/m1/s1. The van der Waals surface area contributed by atoms with Crippen LogP contribution in [-0.2, 0) is 28.6 Å². The Kier molecular flexibility index (Phi) is 10.8. The zero-order chi connectivity index (χ0) is 30.6. The van der Waals surface area contributed by atoms with Gasteiger partial charge in [0.2, 0.25) is 0 Å². The number of fused-ring (bicyclic) bond motifs is 1. The van der Waals surface area contributed by atoms with E-state index in [0.717, 1.165) is 6.92 Å². The lowest BCUT2D eigenvalue weighted by Gasteiger charge is -2.43. The first-order chi connectivity index (χ1) is 18.5. The van der Waals surface area contributed by atoms with Crippen LogP contribution in [0.5, 0.6) is 0 Å². The van der Waals surface area contributed by atoms with Crippen molar-refractivity contribution >= 4 is 23.6 Å². The molecule has 0 aromatic heterocycles. The van der Waals surface area contributed by atoms with Crippen molar-refractivity contribution in [2.45, 2.75) is 110 Å². The first-order valence-electron chi connectivity index (χ1n) is 14.1. The Bertz CT molecular complexity index is 1030. The second-order valence-electron chi connectivity index (χ2n) is 11.9. The number of amides is 1. The summed E-state index contributed by atoms with van der Waals surface area (Å²) in [5.41, 5.74) is 3.08. The molecule has 2 aliphatic heterocycles. The topological polar surface area (TPSA) is 148 Å². The van der Waals surface area contributed by atoms with Gasteiger partial charge in [-0.3, -0.25) is 9.59 Å². The van der Waals surface area contributed by atoms with Crippen molar-refractivity contribution in [2.24, 2.45) is 28.8 Å². The molecule has 1 amide bonds. The molecule has 0 saturated carbocycles. The summed E-state index contributed by atoms with van der Waals surface area (Å²) in [6, 6.07) is -0.846. The van der Waals surface area contributed by atoms with E-state index < -0.39 is 70.5 Å². The zero-order valence-corrected chi connectivity index (χ0v) is 25.2. The average molecular weight is 569 g/mol. The number of carbonyl (C=O) groups is 4. The number of methoxy groups -OCH3 is 1. The molecule has 2 rings (SSSR count). The van der Waals surface area contributed by atoms with Crippen molar-refractivity contribution in [3.63, 3.8) is 0 Å². The predicted molar refractivity (Wildman–Crippen MR) is 145 cm³/mol. The molecule has 0 N–H and O–H groups in total. The fraction of sp³-hybridized carbons (Fsp3) is 0.857. The Morgan fingerprint density at radius 3 is 2.27 bits per heavy atom. The SMILES string of the molecule is CC[C@H]1OC(=O)[C@@](C)(F)C(=O)[C@H](C)[C@@H](C)[C@@](C)(OC)C[C@@H](C)C(=O)[C@H](C)[C@H]2N(CCCCN=[N+]=[N-])C(=O)O[C@]12C. The molecule has 0 aromatic rings. The van der Waals surface area contributed by atoms with Crippen molar-refractivity contribution in [1.82, 2.24) is 4.90 Å². The van der Waals surface area contributed by atoms with E-state index >= 15 is 4.39 Å². The van der Waals surface area contributed by atoms with E-state index in [0.29, 0.717) is 12.8 Å². The van der Waals surface area contributed by atoms with Gasteiger partial charge in [-0.1, -0.05) is 39.7 Å². The number of rotatable bonds is 7. The summed E-state index contributed by atoms with van der Waals surface area (Å²) in [6.45, 7) is 13.2. The smallest absolute Gasteiger partial charge is 0.410 e. The summed E-state index contributed by atoms with van der Waals surface area (Å²) in [5, 5.41) is 3.52. The fourth-order valence-electron chi connectivity index (χ4n) is 6.39. The highest BCUT2D eigenvalue weighted by atomic mass is 19.1. The lowest BCUT2D eigenvalue weighted by Crippen LogP contribution is -2.59. The number of carbonyl (C=O) groups excluding carboxylic acids is 4. The number of cyclic esters (lactones) is 1. The third kappa shape index (κ3) is 6.28. The Morgan fingerprint density at radius 2 is 1.73 bits per heavy atom. The van der Waals surface area contributed by atoms with Gasteiger partial charge in [0.05, 0.1) is 11.6 Å². The predicted octanol–water partition coefficient (Wildman–Crippen LogP) is 5.20. The number of Topliss-reactive ketones (excluding diaryl/α,β-unsaturated/α-hetero) is 2. The van der Waals surface area contributed by atoms with Crippen LogP contribution in [0.2, 0.25) is 0 Å². The normalized spacial score (nSPS) is 39.6. The van der Waals surface area contributed by atoms with E-state index in [-0.39, 0.29) is 31.7 Å². The molecule has 226 valence electrons. The summed E-state index contributed by atoms with van der Waals surface area (Å²) < 4.78 is 33.3. The molecule has 2 fully saturated rings. The van der Waals surface area contributed by atoms with Crippen LogP contribution in [0, 0.1) is 23.7 Å². The highest BCUT2D eigenvalue weighted by molar-refractivity contribution is 6.07. The second kappa shape index (κ2) is 12.9. The van der Waals surface area contributed by atoms with Crippen LogP contribution in [0.25, 0.3) is 10.4 Å². The van der Waals surface area contributed by atoms with Crippen LogP contribution >= 0.6 is 0 Å². The van der Waals surface area contributed by atoms with Gasteiger partial charge in [0.25, 0.3) is 5.67 Å². The summed E-state index contributed by atoms with van der Waals surface area (Å²) in [5.74, 6) is -5.21. The molecule has 0 aliphatic carbocycles. The van der Waals surface area contributed by atoms with Gasteiger partial charge in [-0.15, -0.1) is 0 Å². The summed E-state index contributed by atoms with van der Waals surface area (Å²) in [4.78, 5) is 57.9. The maximum absolute atomic E-state index is 16.0. The zero-order valence-electron chi connectivity index (χ0n) is 25.2. The minimum absolute atomic E-state index is 0.142. The molecule has 0 unspecified atom stereocenters. The molecule has 0 aromatic carbocycles. The Labute approximate surface area is 236 Å². The van der Waals surface area contributed by atoms with Gasteiger partial charge in [-0.05, 0) is 57.9 Å². The molecular weight excluding hydrogens is 523 g/mol. The van der Waals surface area contributed by atoms with Crippen molar-refractivity contribution in [3.8, 4) is 0 Å². The van der Waals surface area contributed by atoms with E-state index in [9.17, 15) is 19.2 Å². The summed E-state index contributed by atoms with van der Waals surface area (Å²) >= 11 is 0. The van der Waals surface area contributed by atoms with Gasteiger partial charge in [0.15, 0.2) is 11.4 Å². The maximum Gasteiger partial charge on any atom is 0.410 e. The lowest BCUT2D eigenvalue weighted by molar-refractivity contribution is -0.181. The summed E-state index contributed by atoms with van der Waals surface area (Å²) in [7, 11) is 1.48. The Hall–Kier alpha value is -2.72. The number of hydrogen-bond donors (Lipinski definition) is 0. The van der Waals surface area contributed by atoms with Crippen LogP contribution in [-0.4, -0.2) is 77.7 Å². The molecule has 0 bridgehead atoms. The molecule has 11 nitrogen and oxygen atoms in total. The molecule has 12 heteroatoms. The highest BCUT2D eigenvalue weighted by Crippen LogP contribution is 2.43. The van der Waals surface area contributed by atoms with E-state index in [2.05, 4.69) is 10.0 Å². The van der Waals surface area contributed by atoms with E-state index in [1.54, 1.807) is 48.5 Å². The second-order valence-corrected chi connectivity index (χ2v) is 11.9. The number of esters is 1. The number of unbranched alkanes of at least 4 members (excludes halogenated alkanes) is 1. The molecule has 0 radical (unpaired) electrons. The van der Waals surface area contributed by atoms with Crippen LogP contribution in [0.4, 0.5) is 9.18 Å². The maximum atomic E-state index is 16.0. The summed E-state index contributed by atoms with van der Waals surface area (Å²) in [6.07, 6.45) is -0.457. The molecule has 2 heterocycles. The Balaban J connectivity index is 2.65. The molecule has 2 aliphatic rings. The first kappa shape index (κ1) is 33.5. The van der Waals surface area contributed by atoms with Gasteiger partial charge >= 0.3 is 12.1 Å². The van der Waals surface area contributed by atoms with Crippen LogP contribution < -0.4 is 0 Å². The van der Waals surface area contributed by atoms with Gasteiger partial charge in [0.1, 0.15) is 11.9 Å². The van der Waals surface area contributed by atoms with Gasteiger partial charge < -0.3 is 19.1 Å². The highest BCUT2D eigenvalue weighted by Gasteiger charge is 2.61. The fourth-order valence-corrected chi connectivity index (χ4v) is 6.39. The number of ketones is 2. The third-order valence-electron chi connectivity index (χ3n) is 9.25. The van der Waals surface area contributed by atoms with Crippen molar-refractivity contribution in [1.29, 1.82) is 0 Å². The van der Waals surface area contributed by atoms with E-state index in [1.165, 1.54) is 12.0 Å². The molecular formula is C28H45FN4O7. The molecule has 40 heavy (non-hydrogen) atoms. The van der Waals surface area contributed by atoms with Crippen LogP contribution in [0.1, 0.15) is 81.1 Å². The minimum atomic E-state index is -2.96. The molecule has 9 atom stereocenters. The van der Waals surface area contributed by atoms with Gasteiger partial charge in [0, 0.05) is 42.9 Å². The molecule has 2 saturated heterocycles. The van der Waals surface area contributed by atoms with Crippen molar-refractivity contribution in [3.05, 3.63) is 10.4 Å². The van der Waals surface area contributed by atoms with Crippen molar-refractivity contribution < 1.29 is 37.8 Å². The van der Waals surface area contributed by atoms with Gasteiger partial charge in [-0.2, -0.15) is 0 Å². The Morgan fingerprint density at radius 1 is 1.10 bits per heavy atom.